The van der Waals surface area contributed by atoms with Crippen molar-refractivity contribution in [1.29, 1.82) is 0 Å². The molecule has 2 aromatic rings. The van der Waals surface area contributed by atoms with Gasteiger partial charge in [-0.1, -0.05) is 18.2 Å². The molecule has 1 aromatic carbocycles. The third-order valence-electron chi connectivity index (χ3n) is 3.04. The molecule has 1 heterocycles. The molecule has 0 saturated heterocycles. The summed E-state index contributed by atoms with van der Waals surface area (Å²) in [4.78, 5) is 16.5. The maximum atomic E-state index is 12.4. The number of nitrogens with zero attached hydrogens (tertiary/aromatic N) is 1. The summed E-state index contributed by atoms with van der Waals surface area (Å²) in [6.45, 7) is 0.542. The summed E-state index contributed by atoms with van der Waals surface area (Å²) in [6, 6.07) is 12.5. The van der Waals surface area contributed by atoms with E-state index in [1.807, 2.05) is 18.2 Å². The van der Waals surface area contributed by atoms with Crippen molar-refractivity contribution in [3.8, 4) is 0 Å². The number of hydrogen-bond acceptors (Lipinski definition) is 4. The van der Waals surface area contributed by atoms with E-state index in [1.165, 1.54) is 0 Å². The van der Waals surface area contributed by atoms with E-state index in [-0.39, 0.29) is 11.7 Å². The average molecular weight is 305 g/mol. The second kappa shape index (κ2) is 7.76. The van der Waals surface area contributed by atoms with Crippen molar-refractivity contribution >= 4 is 23.1 Å². The number of rotatable bonds is 7. The largest absolute Gasteiger partial charge is 0.392 e. The molecule has 1 atom stereocenters. The van der Waals surface area contributed by atoms with Crippen LogP contribution in [0.5, 0.6) is 0 Å². The fourth-order valence-corrected chi connectivity index (χ4v) is 2.08. The van der Waals surface area contributed by atoms with Gasteiger partial charge in [0.1, 0.15) is 5.69 Å². The number of ketones is 1. The number of anilines is 1. The molecule has 1 unspecified atom stereocenters. The van der Waals surface area contributed by atoms with Crippen LogP contribution >= 0.6 is 11.6 Å². The van der Waals surface area contributed by atoms with Gasteiger partial charge in [-0.15, -0.1) is 11.6 Å². The van der Waals surface area contributed by atoms with E-state index >= 15 is 0 Å². The molecule has 0 radical (unpaired) electrons. The summed E-state index contributed by atoms with van der Waals surface area (Å²) >= 11 is 5.56. The van der Waals surface area contributed by atoms with Crippen LogP contribution in [0.4, 0.5) is 5.69 Å². The number of para-hydroxylation sites is 1. The minimum absolute atomic E-state index is 0.128. The molecule has 4 nitrogen and oxygen atoms in total. The fourth-order valence-electron chi connectivity index (χ4n) is 1.92. The number of carbonyl (C=O) groups is 1. The van der Waals surface area contributed by atoms with Gasteiger partial charge in [-0.05, 0) is 30.7 Å². The van der Waals surface area contributed by atoms with E-state index in [0.717, 1.165) is 5.69 Å². The third-order valence-corrected chi connectivity index (χ3v) is 3.40. The minimum Gasteiger partial charge on any atom is -0.392 e. The molecular weight excluding hydrogens is 288 g/mol. The number of nitrogens with one attached hydrogen (secondary N) is 1. The van der Waals surface area contributed by atoms with Gasteiger partial charge in [0.15, 0.2) is 0 Å². The van der Waals surface area contributed by atoms with Crippen LogP contribution in [0.25, 0.3) is 0 Å². The molecule has 5 heteroatoms. The van der Waals surface area contributed by atoms with Crippen LogP contribution in [0.3, 0.4) is 0 Å². The molecule has 0 saturated carbocycles. The lowest BCUT2D eigenvalue weighted by Gasteiger charge is -2.12. The Bertz CT molecular complexity index is 590. The van der Waals surface area contributed by atoms with Crippen LogP contribution < -0.4 is 5.32 Å². The van der Waals surface area contributed by atoms with Crippen LogP contribution in [0.2, 0.25) is 0 Å². The highest BCUT2D eigenvalue weighted by Gasteiger charge is 2.14. The summed E-state index contributed by atoms with van der Waals surface area (Å²) in [5.41, 5.74) is 1.71. The van der Waals surface area contributed by atoms with E-state index in [4.69, 9.17) is 11.6 Å². The predicted octanol–water partition coefficient (Wildman–Crippen LogP) is 2.71. The molecule has 0 bridgehead atoms. The highest BCUT2D eigenvalue weighted by Crippen LogP contribution is 2.18. The van der Waals surface area contributed by atoms with Crippen LogP contribution in [0.15, 0.2) is 48.7 Å². The Morgan fingerprint density at radius 2 is 2.00 bits per heavy atom. The SMILES string of the molecule is O=C(c1ccccn1)c1ccccc1NCCC(O)CCl. The minimum atomic E-state index is -0.544. The summed E-state index contributed by atoms with van der Waals surface area (Å²) in [5, 5.41) is 12.6. The standard InChI is InChI=1S/C16H17ClN2O2/c17-11-12(20)8-10-19-14-6-2-1-5-13(14)16(21)15-7-3-4-9-18-15/h1-7,9,12,19-20H,8,10-11H2. The van der Waals surface area contributed by atoms with Gasteiger partial charge in [0, 0.05) is 29.9 Å². The lowest BCUT2D eigenvalue weighted by Crippen LogP contribution is -2.16. The molecule has 0 amide bonds. The van der Waals surface area contributed by atoms with E-state index in [1.54, 1.807) is 30.5 Å². The number of aromatic nitrogens is 1. The maximum absolute atomic E-state index is 12.4. The molecule has 0 aliphatic carbocycles. The number of hydrogen-bond donors (Lipinski definition) is 2. The molecule has 0 fully saturated rings. The van der Waals surface area contributed by atoms with Crippen molar-refractivity contribution in [2.45, 2.75) is 12.5 Å². The fraction of sp³-hybridized carbons (Fsp3) is 0.250. The van der Waals surface area contributed by atoms with Crippen LogP contribution in [-0.2, 0) is 0 Å². The van der Waals surface area contributed by atoms with Crippen molar-refractivity contribution in [2.24, 2.45) is 0 Å². The van der Waals surface area contributed by atoms with Crippen LogP contribution in [-0.4, -0.2) is 34.4 Å². The second-order valence-corrected chi connectivity index (χ2v) is 4.92. The zero-order valence-corrected chi connectivity index (χ0v) is 12.3. The zero-order valence-electron chi connectivity index (χ0n) is 11.5. The molecular formula is C16H17ClN2O2. The Morgan fingerprint density at radius 3 is 2.71 bits per heavy atom. The van der Waals surface area contributed by atoms with Gasteiger partial charge in [0.05, 0.1) is 6.10 Å². The lowest BCUT2D eigenvalue weighted by atomic mass is 10.1. The van der Waals surface area contributed by atoms with Crippen LogP contribution in [0.1, 0.15) is 22.5 Å². The van der Waals surface area contributed by atoms with Crippen molar-refractivity contribution < 1.29 is 9.90 Å². The smallest absolute Gasteiger partial charge is 0.213 e. The highest BCUT2D eigenvalue weighted by atomic mass is 35.5. The third kappa shape index (κ3) is 4.28. The van der Waals surface area contributed by atoms with Gasteiger partial charge >= 0.3 is 0 Å². The van der Waals surface area contributed by atoms with Gasteiger partial charge in [0.25, 0.3) is 0 Å². The van der Waals surface area contributed by atoms with E-state index < -0.39 is 6.10 Å². The van der Waals surface area contributed by atoms with Crippen LogP contribution in [0, 0.1) is 0 Å². The molecule has 110 valence electrons. The molecule has 2 rings (SSSR count). The van der Waals surface area contributed by atoms with Gasteiger partial charge in [0.2, 0.25) is 5.78 Å². The summed E-state index contributed by atoms with van der Waals surface area (Å²) in [5.74, 6) is 0.0764. The first-order valence-corrected chi connectivity index (χ1v) is 7.28. The zero-order chi connectivity index (χ0) is 15.1. The summed E-state index contributed by atoms with van der Waals surface area (Å²) in [6.07, 6.45) is 1.58. The quantitative estimate of drug-likeness (QED) is 0.610. The number of aliphatic hydroxyl groups is 1. The normalized spacial score (nSPS) is 11.9. The maximum Gasteiger partial charge on any atom is 0.213 e. The van der Waals surface area contributed by atoms with E-state index in [2.05, 4.69) is 10.3 Å². The van der Waals surface area contributed by atoms with E-state index in [0.29, 0.717) is 24.2 Å². The summed E-state index contributed by atoms with van der Waals surface area (Å²) < 4.78 is 0. The number of alkyl halides is 1. The topological polar surface area (TPSA) is 62.2 Å². The number of halogens is 1. The van der Waals surface area contributed by atoms with Gasteiger partial charge in [-0.2, -0.15) is 0 Å². The second-order valence-electron chi connectivity index (χ2n) is 4.61. The van der Waals surface area contributed by atoms with E-state index in [9.17, 15) is 9.90 Å². The monoisotopic (exact) mass is 304 g/mol. The first-order valence-electron chi connectivity index (χ1n) is 6.75. The number of pyridine rings is 1. The Balaban J connectivity index is 2.12. The first-order chi connectivity index (χ1) is 10.2. The van der Waals surface area contributed by atoms with Gasteiger partial charge in [-0.25, -0.2) is 0 Å². The number of benzene rings is 1. The Hall–Kier alpha value is -1.91. The molecule has 0 spiro atoms. The molecule has 2 N–H and O–H groups in total. The highest BCUT2D eigenvalue weighted by molar-refractivity contribution is 6.18. The molecule has 0 aliphatic rings. The Morgan fingerprint density at radius 1 is 1.24 bits per heavy atom. The van der Waals surface area contributed by atoms with Crippen molar-refractivity contribution in [3.63, 3.8) is 0 Å². The number of carbonyl (C=O) groups excluding carboxylic acids is 1. The predicted molar refractivity (Wildman–Crippen MR) is 83.9 cm³/mol. The molecule has 1 aromatic heterocycles. The average Bonchev–Trinajstić information content (AvgIpc) is 2.55. The summed E-state index contributed by atoms with van der Waals surface area (Å²) in [7, 11) is 0. The molecule has 0 aliphatic heterocycles. The van der Waals surface area contributed by atoms with Crippen molar-refractivity contribution in [2.75, 3.05) is 17.7 Å². The first kappa shape index (κ1) is 15.5. The number of aliphatic hydroxyl groups excluding tert-OH is 1. The van der Waals surface area contributed by atoms with Crippen molar-refractivity contribution in [1.82, 2.24) is 4.98 Å². The van der Waals surface area contributed by atoms with Crippen molar-refractivity contribution in [3.05, 3.63) is 59.9 Å². The van der Waals surface area contributed by atoms with Gasteiger partial charge in [-0.3, -0.25) is 9.78 Å². The Labute approximate surface area is 128 Å². The van der Waals surface area contributed by atoms with Gasteiger partial charge < -0.3 is 10.4 Å². The lowest BCUT2D eigenvalue weighted by molar-refractivity contribution is 0.103. The Kier molecular flexibility index (Phi) is 5.72. The molecule has 21 heavy (non-hydrogen) atoms.